The molecule has 0 unspecified atom stereocenters. The molecule has 0 fully saturated rings. The number of benzene rings is 2. The topological polar surface area (TPSA) is 182 Å². The number of anilines is 4. The molecule has 15 heteroatoms. The number of ether oxygens (including phenoxy) is 4. The molecule has 0 atom stereocenters. The van der Waals surface area contributed by atoms with E-state index in [0.29, 0.717) is 120 Å². The zero-order chi connectivity index (χ0) is 34.1. The molecule has 0 radical (unpaired) electrons. The molecule has 0 aliphatic carbocycles. The van der Waals surface area contributed by atoms with Crippen LogP contribution in [0, 0.1) is 0 Å². The Labute approximate surface area is 281 Å². The van der Waals surface area contributed by atoms with E-state index in [1.807, 2.05) is 18.2 Å². The van der Waals surface area contributed by atoms with Crippen LogP contribution in [0.15, 0.2) is 59.6 Å². The molecule has 0 saturated carbocycles. The molecule has 0 aliphatic rings. The van der Waals surface area contributed by atoms with Gasteiger partial charge in [0.15, 0.2) is 0 Å². The first-order valence-corrected chi connectivity index (χ1v) is 16.0. The molecule has 260 valence electrons. The lowest BCUT2D eigenvalue weighted by atomic mass is 10.2. The summed E-state index contributed by atoms with van der Waals surface area (Å²) in [5.41, 5.74) is 1.85. The van der Waals surface area contributed by atoms with E-state index in [1.165, 1.54) is 0 Å². The largest absolute Gasteiger partial charge is 0.377 e. The average Bonchev–Trinajstić information content (AvgIpc) is 3.11. The van der Waals surface area contributed by atoms with Crippen molar-refractivity contribution in [3.63, 3.8) is 0 Å². The highest BCUT2D eigenvalue weighted by molar-refractivity contribution is 5.94. The van der Waals surface area contributed by atoms with E-state index >= 15 is 0 Å². The second kappa shape index (κ2) is 23.6. The van der Waals surface area contributed by atoms with Crippen molar-refractivity contribution in [1.82, 2.24) is 25.6 Å². The lowest BCUT2D eigenvalue weighted by molar-refractivity contribution is 0.0512. The van der Waals surface area contributed by atoms with E-state index in [2.05, 4.69) is 60.2 Å². The monoisotopic (exact) mass is 665 g/mol. The van der Waals surface area contributed by atoms with Crippen molar-refractivity contribution in [2.75, 3.05) is 102 Å². The fourth-order valence-electron chi connectivity index (χ4n) is 3.94. The Bertz CT molecular complexity index is 1350. The van der Waals surface area contributed by atoms with Gasteiger partial charge in [-0.05, 0) is 49.5 Å². The number of hydrogen-bond donors (Lipinski definition) is 5. The minimum atomic E-state index is -0.197. The summed E-state index contributed by atoms with van der Waals surface area (Å²) in [7, 11) is 0. The number of hydrogen-bond acceptors (Lipinski definition) is 13. The van der Waals surface area contributed by atoms with Crippen LogP contribution >= 0.6 is 0 Å². The third-order valence-electron chi connectivity index (χ3n) is 6.34. The fourth-order valence-corrected chi connectivity index (χ4v) is 3.94. The van der Waals surface area contributed by atoms with Gasteiger partial charge in [-0.2, -0.15) is 15.0 Å². The molecular weight excluding hydrogens is 618 g/mol. The number of carbonyl (C=O) groups excluding carboxylic acids is 2. The number of aliphatic imine (C=N–C) groups is 1. The van der Waals surface area contributed by atoms with Crippen LogP contribution in [0.4, 0.5) is 23.5 Å². The summed E-state index contributed by atoms with van der Waals surface area (Å²) in [6.07, 6.45) is 0.907. The van der Waals surface area contributed by atoms with Crippen molar-refractivity contribution in [2.24, 2.45) is 4.99 Å². The fraction of sp³-hybridized carbons (Fsp3) is 0.455. The molecule has 0 aliphatic heterocycles. The van der Waals surface area contributed by atoms with Gasteiger partial charge in [0, 0.05) is 43.0 Å². The van der Waals surface area contributed by atoms with Crippen molar-refractivity contribution < 1.29 is 28.5 Å². The van der Waals surface area contributed by atoms with E-state index in [4.69, 9.17) is 18.9 Å². The highest BCUT2D eigenvalue weighted by Gasteiger charge is 2.09. The van der Waals surface area contributed by atoms with Gasteiger partial charge >= 0.3 is 0 Å². The van der Waals surface area contributed by atoms with Gasteiger partial charge in [0.2, 0.25) is 17.8 Å². The van der Waals surface area contributed by atoms with Gasteiger partial charge in [0.1, 0.15) is 0 Å². The Morgan fingerprint density at radius 3 is 1.69 bits per heavy atom. The number of nitrogens with zero attached hydrogens (tertiary/aromatic N) is 4. The molecule has 1 aromatic heterocycles. The smallest absolute Gasteiger partial charge is 0.251 e. The minimum Gasteiger partial charge on any atom is -0.377 e. The number of aromatic nitrogens is 3. The maximum Gasteiger partial charge on any atom is 0.251 e. The zero-order valence-electron chi connectivity index (χ0n) is 27.5. The normalized spacial score (nSPS) is 10.7. The van der Waals surface area contributed by atoms with Crippen LogP contribution in [0.3, 0.4) is 0 Å². The predicted octanol–water partition coefficient (Wildman–Crippen LogP) is 2.78. The SMILES string of the molecule is C=NCCOCCOCCNC(=O)c1ccc(Nc2nc(NCCC)nc(NCCOCCOCCNC(=O)c3ccccc3)n2)cc1. The third-order valence-corrected chi connectivity index (χ3v) is 6.34. The van der Waals surface area contributed by atoms with Crippen molar-refractivity contribution in [3.8, 4) is 0 Å². The molecule has 3 aromatic rings. The summed E-state index contributed by atoms with van der Waals surface area (Å²) in [5, 5.41) is 15.2. The highest BCUT2D eigenvalue weighted by Crippen LogP contribution is 2.17. The van der Waals surface area contributed by atoms with Gasteiger partial charge in [-0.3, -0.25) is 14.6 Å². The molecular formula is C33H47N9O6. The van der Waals surface area contributed by atoms with E-state index in [1.54, 1.807) is 36.4 Å². The van der Waals surface area contributed by atoms with Gasteiger partial charge in [-0.15, -0.1) is 0 Å². The molecule has 1 heterocycles. The van der Waals surface area contributed by atoms with E-state index in [9.17, 15) is 9.59 Å². The molecule has 0 saturated heterocycles. The molecule has 0 bridgehead atoms. The Morgan fingerprint density at radius 2 is 1.12 bits per heavy atom. The summed E-state index contributed by atoms with van der Waals surface area (Å²) in [6.45, 7) is 11.4. The lowest BCUT2D eigenvalue weighted by Gasteiger charge is -2.12. The highest BCUT2D eigenvalue weighted by atomic mass is 16.5. The van der Waals surface area contributed by atoms with Gasteiger partial charge in [0.05, 0.1) is 59.4 Å². The first-order chi connectivity index (χ1) is 23.6. The molecule has 15 nitrogen and oxygen atoms in total. The number of rotatable bonds is 26. The van der Waals surface area contributed by atoms with E-state index in [0.717, 1.165) is 6.42 Å². The van der Waals surface area contributed by atoms with Crippen LogP contribution in [-0.4, -0.2) is 119 Å². The van der Waals surface area contributed by atoms with Crippen molar-refractivity contribution in [2.45, 2.75) is 13.3 Å². The van der Waals surface area contributed by atoms with Crippen LogP contribution < -0.4 is 26.6 Å². The first kappa shape index (κ1) is 37.8. The molecule has 5 N–H and O–H groups in total. The van der Waals surface area contributed by atoms with Crippen LogP contribution in [0.1, 0.15) is 34.1 Å². The van der Waals surface area contributed by atoms with E-state index < -0.39 is 0 Å². The summed E-state index contributed by atoms with van der Waals surface area (Å²) in [5.74, 6) is 0.845. The van der Waals surface area contributed by atoms with Gasteiger partial charge in [0.25, 0.3) is 11.8 Å². The molecule has 48 heavy (non-hydrogen) atoms. The number of amides is 2. The average molecular weight is 666 g/mol. The second-order valence-electron chi connectivity index (χ2n) is 10.1. The van der Waals surface area contributed by atoms with E-state index in [-0.39, 0.29) is 11.8 Å². The lowest BCUT2D eigenvalue weighted by Crippen LogP contribution is -2.27. The second-order valence-corrected chi connectivity index (χ2v) is 10.1. The molecule has 3 rings (SSSR count). The Balaban J connectivity index is 1.34. The quantitative estimate of drug-likeness (QED) is 0.0626. The minimum absolute atomic E-state index is 0.126. The van der Waals surface area contributed by atoms with Crippen LogP contribution in [0.25, 0.3) is 0 Å². The predicted molar refractivity (Wildman–Crippen MR) is 186 cm³/mol. The van der Waals surface area contributed by atoms with Crippen LogP contribution in [0.2, 0.25) is 0 Å². The molecule has 2 aromatic carbocycles. The van der Waals surface area contributed by atoms with Crippen LogP contribution in [-0.2, 0) is 18.9 Å². The van der Waals surface area contributed by atoms with Gasteiger partial charge in [-0.25, -0.2) is 0 Å². The van der Waals surface area contributed by atoms with Gasteiger partial charge < -0.3 is 45.5 Å². The summed E-state index contributed by atoms with van der Waals surface area (Å²) in [4.78, 5) is 41.6. The van der Waals surface area contributed by atoms with Crippen molar-refractivity contribution in [3.05, 3.63) is 65.7 Å². The third kappa shape index (κ3) is 15.7. The standard InChI is InChI=1S/C33H47N9O6/c1-3-13-37-31-40-32(38-17-21-48-25-24-47-19-15-35-29(43)26-7-5-4-6-8-26)42-33(41-31)39-28-11-9-27(10-12-28)30(44)36-16-20-46-23-22-45-18-14-34-2/h4-12H,2-3,13-25H2,1H3,(H,35,43)(H,36,44)(H3,37,38,39,40,41,42). The summed E-state index contributed by atoms with van der Waals surface area (Å²) in [6, 6.07) is 16.1. The first-order valence-electron chi connectivity index (χ1n) is 16.0. The maximum absolute atomic E-state index is 12.5. The number of nitrogens with one attached hydrogen (secondary N) is 5. The maximum atomic E-state index is 12.5. The van der Waals surface area contributed by atoms with Crippen LogP contribution in [0.5, 0.6) is 0 Å². The van der Waals surface area contributed by atoms with Crippen molar-refractivity contribution >= 4 is 42.1 Å². The Hall–Kier alpha value is -4.70. The van der Waals surface area contributed by atoms with Gasteiger partial charge in [-0.1, -0.05) is 25.1 Å². The zero-order valence-corrected chi connectivity index (χ0v) is 27.5. The molecule has 2 amide bonds. The van der Waals surface area contributed by atoms with Crippen molar-refractivity contribution in [1.29, 1.82) is 0 Å². The summed E-state index contributed by atoms with van der Waals surface area (Å²) >= 11 is 0. The Kier molecular flexibility index (Phi) is 18.6. The Morgan fingerprint density at radius 1 is 0.625 bits per heavy atom. The summed E-state index contributed by atoms with van der Waals surface area (Å²) < 4.78 is 21.9. The molecule has 0 spiro atoms. The number of carbonyl (C=O) groups is 2.